The van der Waals surface area contributed by atoms with E-state index >= 15 is 0 Å². The summed E-state index contributed by atoms with van der Waals surface area (Å²) < 4.78 is 17.8. The number of aromatic nitrogens is 2. The molecule has 0 aliphatic carbocycles. The van der Waals surface area contributed by atoms with Gasteiger partial charge in [-0.05, 0) is 78.9 Å². The van der Waals surface area contributed by atoms with Crippen molar-refractivity contribution >= 4 is 23.1 Å². The summed E-state index contributed by atoms with van der Waals surface area (Å²) in [7, 11) is 1.65. The number of ether oxygens (including phenoxy) is 3. The molecule has 0 aliphatic rings. The van der Waals surface area contributed by atoms with Crippen molar-refractivity contribution in [3.05, 3.63) is 81.6 Å². The molecule has 4 aromatic rings. The van der Waals surface area contributed by atoms with Crippen LogP contribution in [0.3, 0.4) is 0 Å². The minimum Gasteiger partial charge on any atom is -0.496 e. The second-order valence-corrected chi connectivity index (χ2v) is 9.11. The van der Waals surface area contributed by atoms with Crippen molar-refractivity contribution in [1.82, 2.24) is 9.66 Å². The SMILES string of the molecule is CCOc1cc(C=Nn2c(-c3cc(C(C)C)c(OC)cc3C)nc3ccccc3c2=O)ccc1OC(C)=O. The van der Waals surface area contributed by atoms with Gasteiger partial charge in [-0.25, -0.2) is 4.98 Å². The fraction of sp³-hybridized carbons (Fsp3) is 0.267. The van der Waals surface area contributed by atoms with E-state index in [4.69, 9.17) is 19.2 Å². The van der Waals surface area contributed by atoms with Crippen LogP contribution in [0.15, 0.2) is 64.5 Å². The number of esters is 1. The van der Waals surface area contributed by atoms with Crippen LogP contribution >= 0.6 is 0 Å². The largest absolute Gasteiger partial charge is 0.496 e. The van der Waals surface area contributed by atoms with E-state index in [0.717, 1.165) is 22.4 Å². The standard InChI is InChI=1S/C30H31N3O5/c1-7-37-28-15-21(12-13-26(28)38-20(5)34)17-31-33-29(32-25-11-9-8-10-22(25)30(33)35)24-16-23(18(2)3)27(36-6)14-19(24)4/h8-18H,7H2,1-6H3. The summed E-state index contributed by atoms with van der Waals surface area (Å²) in [6.07, 6.45) is 1.56. The van der Waals surface area contributed by atoms with Crippen LogP contribution in [0.2, 0.25) is 0 Å². The molecule has 0 bridgehead atoms. The molecule has 4 rings (SSSR count). The number of fused-ring (bicyclic) bond motifs is 1. The van der Waals surface area contributed by atoms with E-state index in [2.05, 4.69) is 18.9 Å². The number of benzene rings is 3. The lowest BCUT2D eigenvalue weighted by Crippen LogP contribution is -2.20. The van der Waals surface area contributed by atoms with Crippen molar-refractivity contribution in [2.45, 2.75) is 40.5 Å². The Labute approximate surface area is 221 Å². The quantitative estimate of drug-likeness (QED) is 0.170. The van der Waals surface area contributed by atoms with Gasteiger partial charge in [0.1, 0.15) is 5.75 Å². The first-order chi connectivity index (χ1) is 18.2. The van der Waals surface area contributed by atoms with Gasteiger partial charge in [-0.2, -0.15) is 9.78 Å². The molecule has 0 radical (unpaired) electrons. The number of rotatable bonds is 8. The topological polar surface area (TPSA) is 92.0 Å². The molecule has 0 saturated heterocycles. The molecule has 0 saturated carbocycles. The van der Waals surface area contributed by atoms with Crippen molar-refractivity contribution in [3.63, 3.8) is 0 Å². The summed E-state index contributed by atoms with van der Waals surface area (Å²) in [4.78, 5) is 30.0. The van der Waals surface area contributed by atoms with Gasteiger partial charge < -0.3 is 14.2 Å². The molecular formula is C30H31N3O5. The zero-order chi connectivity index (χ0) is 27.4. The molecule has 0 unspecified atom stereocenters. The highest BCUT2D eigenvalue weighted by Crippen LogP contribution is 2.34. The Morgan fingerprint density at radius 1 is 1.08 bits per heavy atom. The van der Waals surface area contributed by atoms with E-state index in [9.17, 15) is 9.59 Å². The molecule has 0 amide bonds. The Morgan fingerprint density at radius 3 is 2.53 bits per heavy atom. The lowest BCUT2D eigenvalue weighted by atomic mass is 9.96. The first-order valence-corrected chi connectivity index (χ1v) is 12.4. The number of nitrogens with zero attached hydrogens (tertiary/aromatic N) is 3. The van der Waals surface area contributed by atoms with Gasteiger partial charge in [0.15, 0.2) is 17.3 Å². The number of para-hydroxylation sites is 1. The normalized spacial score (nSPS) is 11.3. The van der Waals surface area contributed by atoms with Gasteiger partial charge in [-0.1, -0.05) is 26.0 Å². The zero-order valence-electron chi connectivity index (χ0n) is 22.4. The number of carbonyl (C=O) groups excluding carboxylic acids is 1. The van der Waals surface area contributed by atoms with Crippen molar-refractivity contribution < 1.29 is 19.0 Å². The van der Waals surface area contributed by atoms with Gasteiger partial charge >= 0.3 is 5.97 Å². The maximum Gasteiger partial charge on any atom is 0.308 e. The summed E-state index contributed by atoms with van der Waals surface area (Å²) >= 11 is 0. The van der Waals surface area contributed by atoms with E-state index in [0.29, 0.717) is 40.4 Å². The van der Waals surface area contributed by atoms with E-state index in [1.54, 1.807) is 43.7 Å². The fourth-order valence-electron chi connectivity index (χ4n) is 4.21. The Kier molecular flexibility index (Phi) is 7.90. The van der Waals surface area contributed by atoms with Crippen LogP contribution in [0, 0.1) is 6.92 Å². The van der Waals surface area contributed by atoms with Gasteiger partial charge in [-0.3, -0.25) is 9.59 Å². The Balaban J connectivity index is 1.91. The Hall–Kier alpha value is -4.46. The third kappa shape index (κ3) is 5.44. The van der Waals surface area contributed by atoms with Crippen LogP contribution in [0.1, 0.15) is 50.3 Å². The molecule has 8 nitrogen and oxygen atoms in total. The molecule has 0 fully saturated rings. The van der Waals surface area contributed by atoms with E-state index in [-0.39, 0.29) is 11.5 Å². The fourth-order valence-corrected chi connectivity index (χ4v) is 4.21. The summed E-state index contributed by atoms with van der Waals surface area (Å²) in [6.45, 7) is 9.70. The van der Waals surface area contributed by atoms with Crippen LogP contribution in [0.25, 0.3) is 22.3 Å². The van der Waals surface area contributed by atoms with E-state index in [1.165, 1.54) is 11.6 Å². The van der Waals surface area contributed by atoms with Gasteiger partial charge in [0.05, 0.1) is 30.8 Å². The third-order valence-corrected chi connectivity index (χ3v) is 6.04. The highest BCUT2D eigenvalue weighted by molar-refractivity contribution is 5.83. The number of hydrogen-bond acceptors (Lipinski definition) is 7. The van der Waals surface area contributed by atoms with Crippen LogP contribution in [0.4, 0.5) is 0 Å². The van der Waals surface area contributed by atoms with Crippen molar-refractivity contribution in [2.24, 2.45) is 5.10 Å². The Bertz CT molecular complexity index is 1590. The minimum atomic E-state index is -0.443. The minimum absolute atomic E-state index is 0.196. The molecular weight excluding hydrogens is 482 g/mol. The highest BCUT2D eigenvalue weighted by Gasteiger charge is 2.18. The van der Waals surface area contributed by atoms with Crippen molar-refractivity contribution in [3.8, 4) is 28.6 Å². The maximum absolute atomic E-state index is 13.6. The van der Waals surface area contributed by atoms with Crippen LogP contribution in [-0.2, 0) is 4.79 Å². The van der Waals surface area contributed by atoms with E-state index < -0.39 is 5.97 Å². The monoisotopic (exact) mass is 513 g/mol. The molecule has 38 heavy (non-hydrogen) atoms. The zero-order valence-corrected chi connectivity index (χ0v) is 22.4. The molecule has 8 heteroatoms. The molecule has 196 valence electrons. The molecule has 0 aliphatic heterocycles. The average molecular weight is 514 g/mol. The second kappa shape index (κ2) is 11.3. The highest BCUT2D eigenvalue weighted by atomic mass is 16.6. The average Bonchev–Trinajstić information content (AvgIpc) is 2.89. The van der Waals surface area contributed by atoms with Gasteiger partial charge in [0.2, 0.25) is 0 Å². The summed E-state index contributed by atoms with van der Waals surface area (Å²) in [5.74, 6) is 1.69. The molecule has 3 aromatic carbocycles. The number of methoxy groups -OCH3 is 1. The number of hydrogen-bond donors (Lipinski definition) is 0. The maximum atomic E-state index is 13.6. The van der Waals surface area contributed by atoms with Crippen molar-refractivity contribution in [1.29, 1.82) is 0 Å². The van der Waals surface area contributed by atoms with Gasteiger partial charge in [0.25, 0.3) is 5.56 Å². The van der Waals surface area contributed by atoms with Crippen LogP contribution < -0.4 is 19.8 Å². The third-order valence-electron chi connectivity index (χ3n) is 6.04. The van der Waals surface area contributed by atoms with Gasteiger partial charge in [-0.15, -0.1) is 0 Å². The van der Waals surface area contributed by atoms with E-state index in [1.807, 2.05) is 38.1 Å². The summed E-state index contributed by atoms with van der Waals surface area (Å²) in [5, 5.41) is 5.04. The van der Waals surface area contributed by atoms with Crippen molar-refractivity contribution in [2.75, 3.05) is 13.7 Å². The molecule has 0 atom stereocenters. The summed E-state index contributed by atoms with van der Waals surface area (Å²) in [5.41, 5.74) is 3.66. The lowest BCUT2D eigenvalue weighted by Gasteiger charge is -2.17. The first-order valence-electron chi connectivity index (χ1n) is 12.4. The molecule has 0 N–H and O–H groups in total. The lowest BCUT2D eigenvalue weighted by molar-refractivity contribution is -0.132. The Morgan fingerprint density at radius 2 is 1.84 bits per heavy atom. The van der Waals surface area contributed by atoms with Gasteiger partial charge in [0, 0.05) is 12.5 Å². The molecule has 1 heterocycles. The number of carbonyl (C=O) groups is 1. The predicted molar refractivity (Wildman–Crippen MR) is 149 cm³/mol. The van der Waals surface area contributed by atoms with Crippen LogP contribution in [-0.4, -0.2) is 35.6 Å². The smallest absolute Gasteiger partial charge is 0.308 e. The van der Waals surface area contributed by atoms with Crippen LogP contribution in [0.5, 0.6) is 17.2 Å². The summed E-state index contributed by atoms with van der Waals surface area (Å²) in [6, 6.07) is 16.3. The predicted octanol–water partition coefficient (Wildman–Crippen LogP) is 5.71. The second-order valence-electron chi connectivity index (χ2n) is 9.11. The molecule has 1 aromatic heterocycles. The molecule has 0 spiro atoms. The number of aryl methyl sites for hydroxylation is 1. The first kappa shape index (κ1) is 26.6.